The molecule has 8 heteroatoms. The van der Waals surface area contributed by atoms with E-state index >= 15 is 0 Å². The number of rotatable bonds is 8. The summed E-state index contributed by atoms with van der Waals surface area (Å²) in [5, 5.41) is 6.71. The number of benzene rings is 3. The predicted octanol–water partition coefficient (Wildman–Crippen LogP) is 4.24. The molecule has 0 aromatic heterocycles. The number of anilines is 1. The van der Waals surface area contributed by atoms with Crippen LogP contribution in [0.4, 0.5) is 5.69 Å². The van der Waals surface area contributed by atoms with Crippen LogP contribution in [0.25, 0.3) is 0 Å². The van der Waals surface area contributed by atoms with Crippen LogP contribution in [-0.2, 0) is 4.79 Å². The molecule has 0 saturated heterocycles. The lowest BCUT2D eigenvalue weighted by atomic mass is 10.2. The molecule has 2 amide bonds. The smallest absolute Gasteiger partial charge is 0.271 e. The number of methoxy groups -OCH3 is 1. The van der Waals surface area contributed by atoms with Gasteiger partial charge in [-0.25, -0.2) is 5.43 Å². The number of amides is 2. The van der Waals surface area contributed by atoms with Crippen molar-refractivity contribution in [3.63, 3.8) is 0 Å². The fourth-order valence-electron chi connectivity index (χ4n) is 2.55. The average Bonchev–Trinajstić information content (AvgIpc) is 2.79. The zero-order chi connectivity index (χ0) is 22.1. The van der Waals surface area contributed by atoms with E-state index in [0.29, 0.717) is 27.2 Å². The van der Waals surface area contributed by atoms with Gasteiger partial charge in [0.1, 0.15) is 11.5 Å². The SMILES string of the molecule is COc1ccc(NC(=O)COc2ccc(C=NNC(=O)c3ccccc3)cc2Br)cc1. The van der Waals surface area contributed by atoms with Gasteiger partial charge in [-0.15, -0.1) is 0 Å². The molecule has 2 N–H and O–H groups in total. The number of hydrogen-bond acceptors (Lipinski definition) is 5. The van der Waals surface area contributed by atoms with Crippen LogP contribution in [-0.4, -0.2) is 31.7 Å². The Kier molecular flexibility index (Phi) is 7.78. The lowest BCUT2D eigenvalue weighted by Crippen LogP contribution is -2.20. The number of halogens is 1. The Balaban J connectivity index is 1.50. The summed E-state index contributed by atoms with van der Waals surface area (Å²) in [6.45, 7) is -0.148. The van der Waals surface area contributed by atoms with Crippen LogP contribution in [0.1, 0.15) is 15.9 Å². The van der Waals surface area contributed by atoms with Crippen molar-refractivity contribution >= 4 is 39.6 Å². The summed E-state index contributed by atoms with van der Waals surface area (Å²) in [6.07, 6.45) is 1.52. The minimum atomic E-state index is -0.293. The molecule has 0 bridgehead atoms. The largest absolute Gasteiger partial charge is 0.497 e. The third-order valence-corrected chi connectivity index (χ3v) is 4.72. The minimum absolute atomic E-state index is 0.148. The molecule has 0 unspecified atom stereocenters. The normalized spacial score (nSPS) is 10.5. The number of ether oxygens (including phenoxy) is 2. The molecule has 3 aromatic carbocycles. The van der Waals surface area contributed by atoms with Crippen LogP contribution in [0, 0.1) is 0 Å². The first-order valence-electron chi connectivity index (χ1n) is 9.30. The first kappa shape index (κ1) is 22.0. The van der Waals surface area contributed by atoms with Gasteiger partial charge in [-0.05, 0) is 76.1 Å². The molecule has 0 saturated carbocycles. The van der Waals surface area contributed by atoms with Gasteiger partial charge in [-0.2, -0.15) is 5.10 Å². The molecule has 7 nitrogen and oxygen atoms in total. The third-order valence-electron chi connectivity index (χ3n) is 4.10. The monoisotopic (exact) mass is 481 g/mol. The molecule has 0 atom stereocenters. The van der Waals surface area contributed by atoms with E-state index < -0.39 is 0 Å². The Labute approximate surface area is 188 Å². The van der Waals surface area contributed by atoms with Gasteiger partial charge in [-0.1, -0.05) is 18.2 Å². The van der Waals surface area contributed by atoms with Crippen molar-refractivity contribution in [2.45, 2.75) is 0 Å². The Morgan fingerprint density at radius 1 is 1.03 bits per heavy atom. The molecular weight excluding hydrogens is 462 g/mol. The van der Waals surface area contributed by atoms with Crippen LogP contribution >= 0.6 is 15.9 Å². The molecule has 0 aliphatic carbocycles. The van der Waals surface area contributed by atoms with E-state index in [1.807, 2.05) is 6.07 Å². The van der Waals surface area contributed by atoms with Crippen molar-refractivity contribution < 1.29 is 19.1 Å². The van der Waals surface area contributed by atoms with Gasteiger partial charge in [0.05, 0.1) is 17.8 Å². The van der Waals surface area contributed by atoms with Gasteiger partial charge < -0.3 is 14.8 Å². The van der Waals surface area contributed by atoms with Crippen molar-refractivity contribution in [3.8, 4) is 11.5 Å². The first-order chi connectivity index (χ1) is 15.0. The van der Waals surface area contributed by atoms with Crippen molar-refractivity contribution in [3.05, 3.63) is 88.4 Å². The van der Waals surface area contributed by atoms with Gasteiger partial charge >= 0.3 is 0 Å². The summed E-state index contributed by atoms with van der Waals surface area (Å²) in [5.41, 5.74) is 4.40. The third kappa shape index (κ3) is 6.68. The summed E-state index contributed by atoms with van der Waals surface area (Å²) < 4.78 is 11.3. The number of hydrazone groups is 1. The van der Waals surface area contributed by atoms with Crippen LogP contribution in [0.5, 0.6) is 11.5 Å². The molecule has 31 heavy (non-hydrogen) atoms. The number of hydrogen-bond donors (Lipinski definition) is 2. The molecule has 158 valence electrons. The second-order valence-electron chi connectivity index (χ2n) is 6.32. The van der Waals surface area contributed by atoms with Crippen molar-refractivity contribution in [2.24, 2.45) is 5.10 Å². The average molecular weight is 482 g/mol. The molecule has 0 spiro atoms. The summed E-state index contributed by atoms with van der Waals surface area (Å²) >= 11 is 3.42. The molecule has 0 fully saturated rings. The van der Waals surface area contributed by atoms with Crippen molar-refractivity contribution in [1.82, 2.24) is 5.43 Å². The van der Waals surface area contributed by atoms with E-state index in [4.69, 9.17) is 9.47 Å². The first-order valence-corrected chi connectivity index (χ1v) is 10.1. The van der Waals surface area contributed by atoms with Crippen LogP contribution < -0.4 is 20.2 Å². The van der Waals surface area contributed by atoms with E-state index in [1.54, 1.807) is 73.8 Å². The maximum atomic E-state index is 12.1. The fourth-order valence-corrected chi connectivity index (χ4v) is 3.06. The van der Waals surface area contributed by atoms with E-state index in [9.17, 15) is 9.59 Å². The summed E-state index contributed by atoms with van der Waals surface area (Å²) in [4.78, 5) is 24.1. The summed E-state index contributed by atoms with van der Waals surface area (Å²) in [5.74, 6) is 0.641. The second-order valence-corrected chi connectivity index (χ2v) is 7.17. The zero-order valence-electron chi connectivity index (χ0n) is 16.7. The molecule has 3 rings (SSSR count). The second kappa shape index (κ2) is 10.9. The minimum Gasteiger partial charge on any atom is -0.497 e. The van der Waals surface area contributed by atoms with Crippen LogP contribution in [0.15, 0.2) is 82.4 Å². The Bertz CT molecular complexity index is 1070. The van der Waals surface area contributed by atoms with E-state index in [-0.39, 0.29) is 18.4 Å². The van der Waals surface area contributed by atoms with E-state index in [1.165, 1.54) is 6.21 Å². The predicted molar refractivity (Wildman–Crippen MR) is 123 cm³/mol. The van der Waals surface area contributed by atoms with Gasteiger partial charge in [-0.3, -0.25) is 9.59 Å². The Hall–Kier alpha value is -3.65. The Morgan fingerprint density at radius 3 is 2.45 bits per heavy atom. The van der Waals surface area contributed by atoms with Gasteiger partial charge in [0.15, 0.2) is 6.61 Å². The molecule has 0 radical (unpaired) electrons. The van der Waals surface area contributed by atoms with Gasteiger partial charge in [0.2, 0.25) is 0 Å². The fraction of sp³-hybridized carbons (Fsp3) is 0.0870. The number of carbonyl (C=O) groups excluding carboxylic acids is 2. The van der Waals surface area contributed by atoms with Crippen molar-refractivity contribution in [1.29, 1.82) is 0 Å². The lowest BCUT2D eigenvalue weighted by molar-refractivity contribution is -0.118. The topological polar surface area (TPSA) is 89.0 Å². The summed E-state index contributed by atoms with van der Waals surface area (Å²) in [6, 6.07) is 21.1. The zero-order valence-corrected chi connectivity index (χ0v) is 18.3. The van der Waals surface area contributed by atoms with Crippen LogP contribution in [0.3, 0.4) is 0 Å². The molecular formula is C23H20BrN3O4. The molecule has 0 aliphatic rings. The van der Waals surface area contributed by atoms with Gasteiger partial charge in [0, 0.05) is 11.3 Å². The molecule has 0 heterocycles. The maximum Gasteiger partial charge on any atom is 0.271 e. The molecule has 0 aliphatic heterocycles. The highest BCUT2D eigenvalue weighted by Gasteiger charge is 2.07. The standard InChI is InChI=1S/C23H20BrN3O4/c1-30-19-10-8-18(9-11-19)26-22(28)15-31-21-12-7-16(13-20(21)24)14-25-27-23(29)17-5-3-2-4-6-17/h2-14H,15H2,1H3,(H,26,28)(H,27,29). The summed E-state index contributed by atoms with van der Waals surface area (Å²) in [7, 11) is 1.58. The van der Waals surface area contributed by atoms with Gasteiger partial charge in [0.25, 0.3) is 11.8 Å². The van der Waals surface area contributed by atoms with E-state index in [0.717, 1.165) is 5.56 Å². The number of carbonyl (C=O) groups is 2. The quantitative estimate of drug-likeness (QED) is 0.372. The number of nitrogens with one attached hydrogen (secondary N) is 2. The van der Waals surface area contributed by atoms with Crippen LogP contribution in [0.2, 0.25) is 0 Å². The highest BCUT2D eigenvalue weighted by atomic mass is 79.9. The number of nitrogens with zero attached hydrogens (tertiary/aromatic N) is 1. The van der Waals surface area contributed by atoms with E-state index in [2.05, 4.69) is 31.8 Å². The lowest BCUT2D eigenvalue weighted by Gasteiger charge is -2.10. The molecule has 3 aromatic rings. The Morgan fingerprint density at radius 2 is 1.77 bits per heavy atom. The highest BCUT2D eigenvalue weighted by Crippen LogP contribution is 2.25. The maximum absolute atomic E-state index is 12.1. The van der Waals surface area contributed by atoms with Crippen molar-refractivity contribution in [2.75, 3.05) is 19.0 Å². The highest BCUT2D eigenvalue weighted by molar-refractivity contribution is 9.10.